The molecule has 3 heteroatoms. The molecule has 104 valence electrons. The third-order valence-electron chi connectivity index (χ3n) is 4.47. The monoisotopic (exact) mass is 253 g/mol. The summed E-state index contributed by atoms with van der Waals surface area (Å²) in [6.07, 6.45) is 1.02. The van der Waals surface area contributed by atoms with Crippen LogP contribution in [0.5, 0.6) is 0 Å². The van der Waals surface area contributed by atoms with Crippen LogP contribution in [0.2, 0.25) is 0 Å². The average Bonchev–Trinajstić information content (AvgIpc) is 2.23. The van der Waals surface area contributed by atoms with Gasteiger partial charge in [-0.15, -0.1) is 0 Å². The van der Waals surface area contributed by atoms with Gasteiger partial charge in [0.2, 0.25) is 5.91 Å². The van der Waals surface area contributed by atoms with Crippen LogP contribution in [0.4, 0.5) is 0 Å². The number of carbonyl (C=O) groups is 2. The van der Waals surface area contributed by atoms with Crippen molar-refractivity contribution < 1.29 is 9.59 Å². The molecule has 1 amide bonds. The van der Waals surface area contributed by atoms with E-state index in [0.717, 1.165) is 6.54 Å². The van der Waals surface area contributed by atoms with Gasteiger partial charge < -0.3 is 4.90 Å². The first-order valence-electron chi connectivity index (χ1n) is 6.95. The smallest absolute Gasteiger partial charge is 0.223 e. The zero-order valence-electron chi connectivity index (χ0n) is 12.7. The van der Waals surface area contributed by atoms with Crippen LogP contribution >= 0.6 is 0 Å². The molecule has 0 bridgehead atoms. The highest BCUT2D eigenvalue weighted by molar-refractivity contribution is 5.89. The molecule has 0 aliphatic carbocycles. The Labute approximate surface area is 111 Å². The van der Waals surface area contributed by atoms with Gasteiger partial charge in [-0.05, 0) is 11.3 Å². The maximum absolute atomic E-state index is 12.3. The first-order chi connectivity index (χ1) is 8.14. The van der Waals surface area contributed by atoms with Gasteiger partial charge in [0.1, 0.15) is 5.78 Å². The topological polar surface area (TPSA) is 37.4 Å². The molecule has 0 saturated carbocycles. The highest BCUT2D eigenvalue weighted by Gasteiger charge is 2.52. The predicted octanol–water partition coefficient (Wildman–Crippen LogP) is 2.89. The molecule has 1 saturated heterocycles. The lowest BCUT2D eigenvalue weighted by Crippen LogP contribution is -2.58. The summed E-state index contributed by atoms with van der Waals surface area (Å²) < 4.78 is 0. The molecule has 1 atom stereocenters. The molecule has 0 aromatic rings. The SMILES string of the molecule is CCC(=O)C1(C)CN(CC(C)C)C(=O)CC1(C)C. The van der Waals surface area contributed by atoms with Crippen LogP contribution < -0.4 is 0 Å². The maximum atomic E-state index is 12.3. The largest absolute Gasteiger partial charge is 0.341 e. The molecule has 0 radical (unpaired) electrons. The molecule has 3 nitrogen and oxygen atoms in total. The Morgan fingerprint density at radius 2 is 1.89 bits per heavy atom. The molecular weight excluding hydrogens is 226 g/mol. The molecule has 0 aromatic carbocycles. The van der Waals surface area contributed by atoms with Crippen molar-refractivity contribution in [1.29, 1.82) is 0 Å². The van der Waals surface area contributed by atoms with Crippen LogP contribution in [0.3, 0.4) is 0 Å². The Kier molecular flexibility index (Phi) is 4.24. The molecule has 0 aromatic heterocycles. The van der Waals surface area contributed by atoms with Crippen LogP contribution in [0.25, 0.3) is 0 Å². The van der Waals surface area contributed by atoms with E-state index in [2.05, 4.69) is 13.8 Å². The van der Waals surface area contributed by atoms with E-state index in [1.54, 1.807) is 0 Å². The summed E-state index contributed by atoms with van der Waals surface area (Å²) in [5, 5.41) is 0. The average molecular weight is 253 g/mol. The number of hydrogen-bond donors (Lipinski definition) is 0. The number of likely N-dealkylation sites (tertiary alicyclic amines) is 1. The van der Waals surface area contributed by atoms with Gasteiger partial charge in [-0.1, -0.05) is 41.5 Å². The Hall–Kier alpha value is -0.860. The van der Waals surface area contributed by atoms with Crippen molar-refractivity contribution in [3.05, 3.63) is 0 Å². The zero-order chi connectivity index (χ0) is 14.1. The Bertz CT molecular complexity index is 346. The lowest BCUT2D eigenvalue weighted by Gasteiger charge is -2.50. The molecule has 1 aliphatic rings. The number of rotatable bonds is 4. The quantitative estimate of drug-likeness (QED) is 0.772. The summed E-state index contributed by atoms with van der Waals surface area (Å²) in [5.41, 5.74) is -0.658. The number of ketones is 1. The van der Waals surface area contributed by atoms with Crippen LogP contribution in [0.1, 0.15) is 54.4 Å². The van der Waals surface area contributed by atoms with Gasteiger partial charge in [-0.2, -0.15) is 0 Å². The van der Waals surface area contributed by atoms with E-state index >= 15 is 0 Å². The van der Waals surface area contributed by atoms with Crippen LogP contribution in [0, 0.1) is 16.7 Å². The minimum atomic E-state index is -0.412. The molecule has 1 rings (SSSR count). The van der Waals surface area contributed by atoms with Crippen LogP contribution in [-0.2, 0) is 9.59 Å². The second-order valence-electron chi connectivity index (χ2n) is 6.84. The molecule has 0 N–H and O–H groups in total. The number of hydrogen-bond acceptors (Lipinski definition) is 2. The standard InChI is InChI=1S/C15H27NO2/c1-7-12(17)15(6)10-16(9-11(2)3)13(18)8-14(15,4)5/h11H,7-10H2,1-6H3. The van der Waals surface area contributed by atoms with Crippen LogP contribution in [0.15, 0.2) is 0 Å². The van der Waals surface area contributed by atoms with E-state index in [0.29, 0.717) is 25.3 Å². The van der Waals surface area contributed by atoms with Crippen molar-refractivity contribution in [2.45, 2.75) is 54.4 Å². The van der Waals surface area contributed by atoms with Crippen molar-refractivity contribution in [1.82, 2.24) is 4.90 Å². The second kappa shape index (κ2) is 5.02. The summed E-state index contributed by atoms with van der Waals surface area (Å²) in [4.78, 5) is 26.3. The van der Waals surface area contributed by atoms with Crippen molar-refractivity contribution in [2.75, 3.05) is 13.1 Å². The number of Topliss-reactive ketones (excluding diaryl/α,β-unsaturated/α-hetero) is 1. The zero-order valence-corrected chi connectivity index (χ0v) is 12.7. The minimum Gasteiger partial charge on any atom is -0.341 e. The fourth-order valence-electron chi connectivity index (χ4n) is 2.83. The molecule has 1 heterocycles. The van der Waals surface area contributed by atoms with Crippen molar-refractivity contribution in [3.63, 3.8) is 0 Å². The third kappa shape index (κ3) is 2.60. The van der Waals surface area contributed by atoms with E-state index in [1.165, 1.54) is 0 Å². The Morgan fingerprint density at radius 1 is 1.33 bits per heavy atom. The Morgan fingerprint density at radius 3 is 2.33 bits per heavy atom. The molecule has 1 aliphatic heterocycles. The summed E-state index contributed by atoms with van der Waals surface area (Å²) in [6, 6.07) is 0. The van der Waals surface area contributed by atoms with Gasteiger partial charge in [0.05, 0.1) is 0 Å². The van der Waals surface area contributed by atoms with Gasteiger partial charge in [0.15, 0.2) is 0 Å². The highest BCUT2D eigenvalue weighted by Crippen LogP contribution is 2.47. The maximum Gasteiger partial charge on any atom is 0.223 e. The van der Waals surface area contributed by atoms with Gasteiger partial charge in [0, 0.05) is 31.3 Å². The van der Waals surface area contributed by atoms with E-state index < -0.39 is 5.41 Å². The van der Waals surface area contributed by atoms with E-state index in [4.69, 9.17) is 0 Å². The van der Waals surface area contributed by atoms with Crippen LogP contribution in [-0.4, -0.2) is 29.7 Å². The lowest BCUT2D eigenvalue weighted by molar-refractivity contribution is -0.155. The fraction of sp³-hybridized carbons (Fsp3) is 0.867. The van der Waals surface area contributed by atoms with Crippen molar-refractivity contribution >= 4 is 11.7 Å². The van der Waals surface area contributed by atoms with E-state index in [-0.39, 0.29) is 17.1 Å². The van der Waals surface area contributed by atoms with Gasteiger partial charge >= 0.3 is 0 Å². The summed E-state index contributed by atoms with van der Waals surface area (Å²) in [6.45, 7) is 13.6. The van der Waals surface area contributed by atoms with E-state index in [9.17, 15) is 9.59 Å². The van der Waals surface area contributed by atoms with Crippen molar-refractivity contribution in [2.24, 2.45) is 16.7 Å². The van der Waals surface area contributed by atoms with E-state index in [1.807, 2.05) is 32.6 Å². The molecule has 1 unspecified atom stereocenters. The predicted molar refractivity (Wildman–Crippen MR) is 73.2 cm³/mol. The number of amides is 1. The summed E-state index contributed by atoms with van der Waals surface area (Å²) in [7, 11) is 0. The molecule has 18 heavy (non-hydrogen) atoms. The number of piperidine rings is 1. The first kappa shape index (κ1) is 15.2. The lowest BCUT2D eigenvalue weighted by atomic mass is 9.59. The fourth-order valence-corrected chi connectivity index (χ4v) is 2.83. The third-order valence-corrected chi connectivity index (χ3v) is 4.47. The number of carbonyl (C=O) groups excluding carboxylic acids is 2. The number of nitrogens with zero attached hydrogens (tertiary/aromatic N) is 1. The van der Waals surface area contributed by atoms with Gasteiger partial charge in [-0.25, -0.2) is 0 Å². The second-order valence-corrected chi connectivity index (χ2v) is 6.84. The molecular formula is C15H27NO2. The summed E-state index contributed by atoms with van der Waals surface area (Å²) in [5.74, 6) is 0.903. The minimum absolute atomic E-state index is 0.190. The van der Waals surface area contributed by atoms with Crippen molar-refractivity contribution in [3.8, 4) is 0 Å². The molecule has 0 spiro atoms. The highest BCUT2D eigenvalue weighted by atomic mass is 16.2. The summed E-state index contributed by atoms with van der Waals surface area (Å²) >= 11 is 0. The van der Waals surface area contributed by atoms with Gasteiger partial charge in [-0.3, -0.25) is 9.59 Å². The normalized spacial score (nSPS) is 27.7. The molecule has 1 fully saturated rings. The first-order valence-corrected chi connectivity index (χ1v) is 6.95. The van der Waals surface area contributed by atoms with Gasteiger partial charge in [0.25, 0.3) is 0 Å². The Balaban J connectivity index is 3.01.